The lowest BCUT2D eigenvalue weighted by molar-refractivity contribution is -0.115. The van der Waals surface area contributed by atoms with Crippen LogP contribution in [-0.2, 0) is 4.79 Å². The fourth-order valence-corrected chi connectivity index (χ4v) is 3.51. The molecule has 0 aliphatic rings. The molecule has 1 aromatic carbocycles. The van der Waals surface area contributed by atoms with Gasteiger partial charge in [0.15, 0.2) is 0 Å². The summed E-state index contributed by atoms with van der Waals surface area (Å²) in [6, 6.07) is 15.2. The number of nitrogens with zero attached hydrogens (tertiary/aromatic N) is 3. The lowest BCUT2D eigenvalue weighted by Crippen LogP contribution is -2.23. The van der Waals surface area contributed by atoms with Crippen molar-refractivity contribution in [1.82, 2.24) is 9.97 Å². The number of nitrogens with one attached hydrogen (secondary N) is 1. The minimum Gasteiger partial charge on any atom is -0.324 e. The average Bonchev–Trinajstić information content (AvgIpc) is 2.61. The fraction of sp³-hybridized carbons (Fsp3) is 0.200. The number of carbonyl (C=O) groups excluding carboxylic acids is 1. The summed E-state index contributed by atoms with van der Waals surface area (Å²) in [5, 5.41) is 13.3. The number of anilines is 1. The lowest BCUT2D eigenvalue weighted by Gasteiger charge is -2.14. The summed E-state index contributed by atoms with van der Waals surface area (Å²) in [6.07, 6.45) is 0. The second kappa shape index (κ2) is 7.54. The summed E-state index contributed by atoms with van der Waals surface area (Å²) >= 11 is 1.28. The molecule has 6 heteroatoms. The first-order chi connectivity index (χ1) is 12.5. The van der Waals surface area contributed by atoms with Crippen molar-refractivity contribution in [1.29, 1.82) is 5.26 Å². The van der Waals surface area contributed by atoms with Gasteiger partial charge in [-0.25, -0.2) is 4.98 Å². The van der Waals surface area contributed by atoms with Gasteiger partial charge in [-0.2, -0.15) is 5.26 Å². The van der Waals surface area contributed by atoms with Crippen molar-refractivity contribution in [3.05, 3.63) is 59.4 Å². The molecule has 5 nitrogen and oxygen atoms in total. The van der Waals surface area contributed by atoms with Gasteiger partial charge in [0.25, 0.3) is 0 Å². The Morgan fingerprint density at radius 3 is 2.69 bits per heavy atom. The maximum absolute atomic E-state index is 12.7. The van der Waals surface area contributed by atoms with Crippen LogP contribution in [0.4, 0.5) is 5.69 Å². The van der Waals surface area contributed by atoms with Crippen molar-refractivity contribution >= 4 is 34.3 Å². The molecule has 3 aromatic rings. The Morgan fingerprint density at radius 1 is 1.15 bits per heavy atom. The number of aromatic nitrogens is 2. The van der Waals surface area contributed by atoms with E-state index in [4.69, 9.17) is 0 Å². The van der Waals surface area contributed by atoms with E-state index < -0.39 is 5.25 Å². The van der Waals surface area contributed by atoms with Gasteiger partial charge in [-0.05, 0) is 45.0 Å². The molecule has 130 valence electrons. The van der Waals surface area contributed by atoms with E-state index in [9.17, 15) is 10.1 Å². The van der Waals surface area contributed by atoms with E-state index in [1.807, 2.05) is 44.2 Å². The van der Waals surface area contributed by atoms with Gasteiger partial charge in [-0.1, -0.05) is 30.0 Å². The SMILES string of the molecule is Cc1ccc(C#N)c(SC(C)C(=O)Nc2cc(C)nc3ccccc23)n1. The third kappa shape index (κ3) is 3.84. The van der Waals surface area contributed by atoms with E-state index in [0.717, 1.165) is 28.0 Å². The second-order valence-electron chi connectivity index (χ2n) is 5.99. The van der Waals surface area contributed by atoms with Crippen LogP contribution in [0.2, 0.25) is 0 Å². The largest absolute Gasteiger partial charge is 0.324 e. The highest BCUT2D eigenvalue weighted by Gasteiger charge is 2.18. The molecule has 0 fully saturated rings. The van der Waals surface area contributed by atoms with Crippen LogP contribution in [0.1, 0.15) is 23.9 Å². The molecule has 0 aliphatic carbocycles. The molecule has 1 atom stereocenters. The molecule has 26 heavy (non-hydrogen) atoms. The van der Waals surface area contributed by atoms with Crippen molar-refractivity contribution in [3.8, 4) is 6.07 Å². The average molecular weight is 362 g/mol. The number of rotatable bonds is 4. The number of hydrogen-bond donors (Lipinski definition) is 1. The highest BCUT2D eigenvalue weighted by Crippen LogP contribution is 2.28. The zero-order valence-electron chi connectivity index (χ0n) is 14.8. The highest BCUT2D eigenvalue weighted by molar-refractivity contribution is 8.00. The van der Waals surface area contributed by atoms with Gasteiger partial charge in [0.2, 0.25) is 5.91 Å². The summed E-state index contributed by atoms with van der Waals surface area (Å²) in [5.41, 5.74) is 3.71. The summed E-state index contributed by atoms with van der Waals surface area (Å²) in [5.74, 6) is -0.141. The first kappa shape index (κ1) is 17.9. The molecule has 0 radical (unpaired) electrons. The van der Waals surface area contributed by atoms with E-state index in [1.54, 1.807) is 19.1 Å². The third-order valence-electron chi connectivity index (χ3n) is 3.88. The number of carbonyl (C=O) groups is 1. The summed E-state index contributed by atoms with van der Waals surface area (Å²) < 4.78 is 0. The Bertz CT molecular complexity index is 1030. The van der Waals surface area contributed by atoms with Crippen LogP contribution in [0.25, 0.3) is 10.9 Å². The summed E-state index contributed by atoms with van der Waals surface area (Å²) in [4.78, 5) is 21.6. The number of nitriles is 1. The minimum atomic E-state index is -0.399. The first-order valence-electron chi connectivity index (χ1n) is 8.19. The molecule has 0 aliphatic heterocycles. The number of fused-ring (bicyclic) bond motifs is 1. The molecule has 3 rings (SSSR count). The first-order valence-corrected chi connectivity index (χ1v) is 9.07. The lowest BCUT2D eigenvalue weighted by atomic mass is 10.1. The predicted molar refractivity (Wildman–Crippen MR) is 104 cm³/mol. The van der Waals surface area contributed by atoms with E-state index in [0.29, 0.717) is 10.6 Å². The van der Waals surface area contributed by atoms with Crippen LogP contribution in [0.3, 0.4) is 0 Å². The van der Waals surface area contributed by atoms with E-state index in [1.165, 1.54) is 11.8 Å². The normalized spacial score (nSPS) is 11.8. The topological polar surface area (TPSA) is 78.7 Å². The quantitative estimate of drug-likeness (QED) is 0.702. The molecule has 0 bridgehead atoms. The molecule has 2 aromatic heterocycles. The maximum Gasteiger partial charge on any atom is 0.237 e. The number of hydrogen-bond acceptors (Lipinski definition) is 5. The molecule has 1 N–H and O–H groups in total. The molecule has 0 saturated carbocycles. The maximum atomic E-state index is 12.7. The fourth-order valence-electron chi connectivity index (χ4n) is 2.57. The Balaban J connectivity index is 1.83. The standard InChI is InChI=1S/C20H18N4OS/c1-12-8-9-15(11-21)20(23-12)26-14(3)19(25)24-18-10-13(2)22-17-7-5-4-6-16(17)18/h4-10,14H,1-3H3,(H,22,24,25). The third-order valence-corrected chi connectivity index (χ3v) is 4.98. The van der Waals surface area contributed by atoms with Crippen molar-refractivity contribution in [3.63, 3.8) is 0 Å². The van der Waals surface area contributed by atoms with Crippen molar-refractivity contribution in [2.75, 3.05) is 5.32 Å². The molecule has 0 spiro atoms. The molecule has 1 unspecified atom stereocenters. The smallest absolute Gasteiger partial charge is 0.237 e. The van der Waals surface area contributed by atoms with Gasteiger partial charge in [0.1, 0.15) is 11.1 Å². The van der Waals surface area contributed by atoms with Gasteiger partial charge >= 0.3 is 0 Å². The Kier molecular flexibility index (Phi) is 5.19. The zero-order valence-corrected chi connectivity index (χ0v) is 15.6. The number of aryl methyl sites for hydroxylation is 2. The highest BCUT2D eigenvalue weighted by atomic mass is 32.2. The van der Waals surface area contributed by atoms with Crippen LogP contribution in [0.5, 0.6) is 0 Å². The summed E-state index contributed by atoms with van der Waals surface area (Å²) in [6.45, 7) is 5.57. The van der Waals surface area contributed by atoms with Crippen LogP contribution in [0.15, 0.2) is 47.5 Å². The number of thioether (sulfide) groups is 1. The van der Waals surface area contributed by atoms with Gasteiger partial charge in [-0.15, -0.1) is 0 Å². The van der Waals surface area contributed by atoms with Crippen molar-refractivity contribution in [2.24, 2.45) is 0 Å². The monoisotopic (exact) mass is 362 g/mol. The minimum absolute atomic E-state index is 0.141. The number of benzene rings is 1. The van der Waals surface area contributed by atoms with Gasteiger partial charge < -0.3 is 5.32 Å². The van der Waals surface area contributed by atoms with E-state index in [2.05, 4.69) is 21.4 Å². The van der Waals surface area contributed by atoms with Crippen LogP contribution >= 0.6 is 11.8 Å². The molecular weight excluding hydrogens is 344 g/mol. The Labute approximate surface area is 156 Å². The molecule has 0 saturated heterocycles. The van der Waals surface area contributed by atoms with Crippen LogP contribution in [-0.4, -0.2) is 21.1 Å². The number of para-hydroxylation sites is 1. The Morgan fingerprint density at radius 2 is 1.92 bits per heavy atom. The molecular formula is C20H18N4OS. The van der Waals surface area contributed by atoms with Gasteiger partial charge in [-0.3, -0.25) is 9.78 Å². The van der Waals surface area contributed by atoms with Crippen molar-refractivity contribution < 1.29 is 4.79 Å². The van der Waals surface area contributed by atoms with E-state index >= 15 is 0 Å². The van der Waals surface area contributed by atoms with Gasteiger partial charge in [0.05, 0.1) is 22.0 Å². The zero-order chi connectivity index (χ0) is 18.7. The molecule has 1 amide bonds. The Hall–Kier alpha value is -2.91. The van der Waals surface area contributed by atoms with Crippen LogP contribution < -0.4 is 5.32 Å². The number of amides is 1. The predicted octanol–water partition coefficient (Wildman–Crippen LogP) is 4.24. The van der Waals surface area contributed by atoms with E-state index in [-0.39, 0.29) is 5.91 Å². The van der Waals surface area contributed by atoms with Crippen LogP contribution in [0, 0.1) is 25.2 Å². The second-order valence-corrected chi connectivity index (χ2v) is 7.32. The van der Waals surface area contributed by atoms with Crippen molar-refractivity contribution in [2.45, 2.75) is 31.0 Å². The van der Waals surface area contributed by atoms with Gasteiger partial charge in [0, 0.05) is 16.8 Å². The molecule has 2 heterocycles. The summed E-state index contributed by atoms with van der Waals surface area (Å²) in [7, 11) is 0. The number of pyridine rings is 2.